The van der Waals surface area contributed by atoms with Crippen LogP contribution in [0.5, 0.6) is 11.8 Å². The molecule has 0 aliphatic rings. The molecule has 0 radical (unpaired) electrons. The van der Waals surface area contributed by atoms with Gasteiger partial charge in [-0.1, -0.05) is 0 Å². The van der Waals surface area contributed by atoms with Crippen LogP contribution >= 0.6 is 7.75 Å². The van der Waals surface area contributed by atoms with Crippen LogP contribution in [0.3, 0.4) is 0 Å². The Hall–Kier alpha value is -0.970. The van der Waals surface area contributed by atoms with Crippen molar-refractivity contribution in [3.8, 4) is 11.8 Å². The number of hydrogen-bond donors (Lipinski definition) is 2. The fraction of sp³-hybridized carbons (Fsp3) is 0.333. The quantitative estimate of drug-likeness (QED) is 0.726. The van der Waals surface area contributed by atoms with Gasteiger partial charge in [-0.25, -0.2) is 4.57 Å². The molecule has 13 heavy (non-hydrogen) atoms. The highest BCUT2D eigenvalue weighted by Gasteiger charge is 2.29. The first-order valence-corrected chi connectivity index (χ1v) is 4.86. The number of aromatic nitrogens is 1. The summed E-state index contributed by atoms with van der Waals surface area (Å²) in [6.45, 7) is 0. The molecular weight excluding hydrogens is 197 g/mol. The maximum Gasteiger partial charge on any atom is 0.444 e. The number of hydrogen-bond acceptors (Lipinski definition) is 5. The van der Waals surface area contributed by atoms with Crippen molar-refractivity contribution in [3.05, 3.63) is 12.1 Å². The van der Waals surface area contributed by atoms with E-state index < -0.39 is 7.75 Å². The van der Waals surface area contributed by atoms with E-state index in [-0.39, 0.29) is 11.8 Å². The Morgan fingerprint density at radius 1 is 1.23 bits per heavy atom. The van der Waals surface area contributed by atoms with Crippen LogP contribution < -0.4 is 0 Å². The smallest absolute Gasteiger partial charge is 0.444 e. The van der Waals surface area contributed by atoms with Crippen LogP contribution in [0.2, 0.25) is 0 Å². The first kappa shape index (κ1) is 10.1. The molecule has 1 aromatic rings. The molecule has 0 atom stereocenters. The van der Waals surface area contributed by atoms with Gasteiger partial charge in [0.05, 0.1) is 0 Å². The molecule has 0 aliphatic carbocycles. The molecule has 2 N–H and O–H groups in total. The summed E-state index contributed by atoms with van der Waals surface area (Å²) in [4.78, 5) is 0. The Kier molecular flexibility index (Phi) is 2.66. The molecule has 0 saturated heterocycles. The van der Waals surface area contributed by atoms with Crippen molar-refractivity contribution >= 4 is 7.75 Å². The molecule has 0 saturated carbocycles. The van der Waals surface area contributed by atoms with Crippen molar-refractivity contribution in [1.29, 1.82) is 0 Å². The van der Waals surface area contributed by atoms with E-state index in [0.717, 1.165) is 14.2 Å². The van der Waals surface area contributed by atoms with Gasteiger partial charge in [-0.2, -0.15) is 4.34 Å². The zero-order valence-electron chi connectivity index (χ0n) is 7.17. The third-order valence-electron chi connectivity index (χ3n) is 1.52. The molecule has 74 valence electrons. The zero-order valence-corrected chi connectivity index (χ0v) is 8.06. The van der Waals surface area contributed by atoms with Gasteiger partial charge in [0.1, 0.15) is 0 Å². The lowest BCUT2D eigenvalue weighted by Gasteiger charge is -2.15. The van der Waals surface area contributed by atoms with Gasteiger partial charge in [0, 0.05) is 26.4 Å². The molecule has 0 aliphatic heterocycles. The van der Waals surface area contributed by atoms with Crippen molar-refractivity contribution in [2.75, 3.05) is 14.2 Å². The molecule has 1 aromatic heterocycles. The second kappa shape index (κ2) is 3.41. The van der Waals surface area contributed by atoms with E-state index in [1.807, 2.05) is 0 Å². The monoisotopic (exact) mass is 207 g/mol. The van der Waals surface area contributed by atoms with E-state index in [1.165, 1.54) is 12.1 Å². The number of nitrogens with zero attached hydrogens (tertiary/aromatic N) is 1. The molecule has 0 unspecified atom stereocenters. The van der Waals surface area contributed by atoms with Gasteiger partial charge in [0.15, 0.2) is 0 Å². The van der Waals surface area contributed by atoms with Crippen LogP contribution in [0.25, 0.3) is 0 Å². The predicted molar refractivity (Wildman–Crippen MR) is 44.8 cm³/mol. The number of rotatable bonds is 3. The largest absolute Gasteiger partial charge is 0.494 e. The Balaban J connectivity index is 3.27. The summed E-state index contributed by atoms with van der Waals surface area (Å²) < 4.78 is 21.5. The minimum Gasteiger partial charge on any atom is -0.494 e. The van der Waals surface area contributed by atoms with Crippen molar-refractivity contribution in [2.45, 2.75) is 0 Å². The van der Waals surface area contributed by atoms with Gasteiger partial charge < -0.3 is 10.2 Å². The molecule has 1 heterocycles. The summed E-state index contributed by atoms with van der Waals surface area (Å²) >= 11 is 0. The second-order valence-corrected chi connectivity index (χ2v) is 4.26. The lowest BCUT2D eigenvalue weighted by molar-refractivity contribution is 0.256. The third-order valence-corrected chi connectivity index (χ3v) is 3.34. The fourth-order valence-electron chi connectivity index (χ4n) is 0.896. The summed E-state index contributed by atoms with van der Waals surface area (Å²) in [7, 11) is -1.33. The Labute approximate surface area is 74.9 Å². The molecular formula is C6H10NO5P. The SMILES string of the molecule is COP(=O)(OC)n1c(O)ccc1O. The van der Waals surface area contributed by atoms with E-state index in [9.17, 15) is 14.8 Å². The number of aromatic hydroxyl groups is 2. The van der Waals surface area contributed by atoms with Crippen LogP contribution in [-0.4, -0.2) is 28.8 Å². The van der Waals surface area contributed by atoms with Crippen LogP contribution in [0, 0.1) is 0 Å². The summed E-state index contributed by atoms with van der Waals surface area (Å²) in [6.07, 6.45) is 0. The van der Waals surface area contributed by atoms with Crippen molar-refractivity contribution < 1.29 is 23.8 Å². The lowest BCUT2D eigenvalue weighted by atomic mass is 10.6. The van der Waals surface area contributed by atoms with E-state index in [1.54, 1.807) is 0 Å². The summed E-state index contributed by atoms with van der Waals surface area (Å²) in [6, 6.07) is 2.36. The standard InChI is InChI=1S/C6H10NO5P/c1-11-13(10,12-2)7-5(8)3-4-6(7)9/h3-4,8-9H,1-2H3. The second-order valence-electron chi connectivity index (χ2n) is 2.20. The first-order chi connectivity index (χ1) is 6.05. The van der Waals surface area contributed by atoms with Gasteiger partial charge in [-0.15, -0.1) is 0 Å². The normalized spacial score (nSPS) is 11.8. The van der Waals surface area contributed by atoms with Crippen molar-refractivity contribution in [3.63, 3.8) is 0 Å². The van der Waals surface area contributed by atoms with Crippen molar-refractivity contribution in [2.24, 2.45) is 0 Å². The van der Waals surface area contributed by atoms with Crippen LogP contribution in [0.1, 0.15) is 0 Å². The molecule has 6 nitrogen and oxygen atoms in total. The van der Waals surface area contributed by atoms with E-state index in [0.29, 0.717) is 4.34 Å². The first-order valence-electron chi connectivity index (χ1n) is 3.37. The minimum atomic E-state index is -3.64. The molecule has 0 aromatic carbocycles. The Bertz CT molecular complexity index is 319. The zero-order chi connectivity index (χ0) is 10.1. The van der Waals surface area contributed by atoms with Gasteiger partial charge >= 0.3 is 7.75 Å². The molecule has 0 bridgehead atoms. The molecule has 1 rings (SSSR count). The molecule has 0 fully saturated rings. The van der Waals surface area contributed by atoms with Crippen LogP contribution in [-0.2, 0) is 13.6 Å². The van der Waals surface area contributed by atoms with Crippen LogP contribution in [0.15, 0.2) is 12.1 Å². The topological polar surface area (TPSA) is 80.9 Å². The lowest BCUT2D eigenvalue weighted by Crippen LogP contribution is -1.99. The third kappa shape index (κ3) is 1.56. The summed E-state index contributed by atoms with van der Waals surface area (Å²) in [5.41, 5.74) is 0. The Morgan fingerprint density at radius 2 is 1.62 bits per heavy atom. The van der Waals surface area contributed by atoms with E-state index in [2.05, 4.69) is 9.05 Å². The maximum absolute atomic E-state index is 11.7. The van der Waals surface area contributed by atoms with Crippen molar-refractivity contribution in [1.82, 2.24) is 4.34 Å². The van der Waals surface area contributed by atoms with Crippen LogP contribution in [0.4, 0.5) is 0 Å². The van der Waals surface area contributed by atoms with Gasteiger partial charge in [0.2, 0.25) is 11.8 Å². The average molecular weight is 207 g/mol. The van der Waals surface area contributed by atoms with E-state index >= 15 is 0 Å². The average Bonchev–Trinajstić information content (AvgIpc) is 2.46. The van der Waals surface area contributed by atoms with Gasteiger partial charge in [-0.05, 0) is 0 Å². The van der Waals surface area contributed by atoms with Gasteiger partial charge in [0.25, 0.3) is 0 Å². The fourth-order valence-corrected chi connectivity index (χ4v) is 2.01. The van der Waals surface area contributed by atoms with E-state index in [4.69, 9.17) is 0 Å². The van der Waals surface area contributed by atoms with Gasteiger partial charge in [-0.3, -0.25) is 9.05 Å². The molecule has 0 spiro atoms. The highest BCUT2D eigenvalue weighted by atomic mass is 31.2. The summed E-state index contributed by atoms with van der Waals surface area (Å²) in [5.74, 6) is -0.769. The predicted octanol–water partition coefficient (Wildman–Crippen LogP) is 1.15. The molecule has 0 amide bonds. The minimum absolute atomic E-state index is 0.385. The maximum atomic E-state index is 11.7. The highest BCUT2D eigenvalue weighted by Crippen LogP contribution is 2.53. The molecule has 7 heteroatoms. The highest BCUT2D eigenvalue weighted by molar-refractivity contribution is 7.52. The summed E-state index contributed by atoms with van der Waals surface area (Å²) in [5, 5.41) is 18.4. The Morgan fingerprint density at radius 3 is 1.92 bits per heavy atom.